The van der Waals surface area contributed by atoms with Crippen molar-refractivity contribution in [2.75, 3.05) is 12.4 Å². The molecule has 0 saturated heterocycles. The second kappa shape index (κ2) is 9.79. The summed E-state index contributed by atoms with van der Waals surface area (Å²) in [5.41, 5.74) is 2.82. The number of carbonyl (C=O) groups excluding carboxylic acids is 1. The molecule has 7 heteroatoms. The minimum atomic E-state index is -0.234. The fraction of sp³-hybridized carbons (Fsp3) is 0.222. The fourth-order valence-electron chi connectivity index (χ4n) is 3.54. The number of benzene rings is 2. The maximum Gasteiger partial charge on any atom is 0.276 e. The van der Waals surface area contributed by atoms with Gasteiger partial charge in [0.1, 0.15) is 11.4 Å². The molecule has 0 fully saturated rings. The van der Waals surface area contributed by atoms with Gasteiger partial charge in [-0.2, -0.15) is 0 Å². The summed E-state index contributed by atoms with van der Waals surface area (Å²) in [6, 6.07) is 22.9. The zero-order valence-electron chi connectivity index (χ0n) is 19.8. The number of nitrogens with one attached hydrogen (secondary N) is 1. The van der Waals surface area contributed by atoms with Gasteiger partial charge < -0.3 is 19.5 Å². The summed E-state index contributed by atoms with van der Waals surface area (Å²) in [4.78, 5) is 18.8. The summed E-state index contributed by atoms with van der Waals surface area (Å²) in [6.07, 6.45) is 1.66. The van der Waals surface area contributed by atoms with E-state index in [1.807, 2.05) is 60.7 Å². The van der Waals surface area contributed by atoms with E-state index in [0.717, 1.165) is 16.9 Å². The van der Waals surface area contributed by atoms with Crippen LogP contribution in [0, 0.1) is 0 Å². The van der Waals surface area contributed by atoms with Gasteiger partial charge in [0.25, 0.3) is 5.91 Å². The van der Waals surface area contributed by atoms with Gasteiger partial charge in [-0.3, -0.25) is 4.79 Å². The zero-order chi connectivity index (χ0) is 24.1. The van der Waals surface area contributed by atoms with Crippen LogP contribution < -0.4 is 10.1 Å². The van der Waals surface area contributed by atoms with Crippen molar-refractivity contribution in [3.05, 3.63) is 95.8 Å². The van der Waals surface area contributed by atoms with E-state index in [2.05, 4.69) is 36.2 Å². The van der Waals surface area contributed by atoms with Crippen LogP contribution in [-0.4, -0.2) is 28.0 Å². The lowest BCUT2D eigenvalue weighted by molar-refractivity contribution is 0.0775. The molecule has 34 heavy (non-hydrogen) atoms. The third-order valence-electron chi connectivity index (χ3n) is 5.27. The van der Waals surface area contributed by atoms with Crippen molar-refractivity contribution in [1.82, 2.24) is 15.0 Å². The molecule has 7 nitrogen and oxygen atoms in total. The quantitative estimate of drug-likeness (QED) is 0.358. The van der Waals surface area contributed by atoms with Gasteiger partial charge in [-0.15, -0.1) is 0 Å². The maximum atomic E-state index is 12.8. The number of amides is 1. The number of aromatic nitrogens is 2. The molecule has 0 saturated carbocycles. The van der Waals surface area contributed by atoms with Crippen molar-refractivity contribution < 1.29 is 14.1 Å². The van der Waals surface area contributed by atoms with E-state index < -0.39 is 0 Å². The topological polar surface area (TPSA) is 80.5 Å². The molecule has 1 N–H and O–H groups in total. The Balaban J connectivity index is 1.50. The van der Waals surface area contributed by atoms with Gasteiger partial charge in [0.15, 0.2) is 5.69 Å². The molecule has 0 atom stereocenters. The number of carbonyl (C=O) groups is 1. The Hall–Kier alpha value is -4.13. The number of hydrogen-bond donors (Lipinski definition) is 1. The first-order valence-electron chi connectivity index (χ1n) is 11.1. The molecule has 0 spiro atoms. The normalized spacial score (nSPS) is 11.2. The van der Waals surface area contributed by atoms with Crippen LogP contribution in [-0.2, 0) is 12.0 Å². The van der Waals surface area contributed by atoms with Gasteiger partial charge in [0, 0.05) is 31.4 Å². The Bertz CT molecular complexity index is 1260. The molecule has 4 rings (SSSR count). The molecule has 1 amide bonds. The van der Waals surface area contributed by atoms with E-state index in [0.29, 0.717) is 24.0 Å². The van der Waals surface area contributed by atoms with Crippen molar-refractivity contribution in [1.29, 1.82) is 0 Å². The fourth-order valence-corrected chi connectivity index (χ4v) is 3.54. The van der Waals surface area contributed by atoms with E-state index >= 15 is 0 Å². The number of pyridine rings is 1. The Morgan fingerprint density at radius 1 is 1.03 bits per heavy atom. The molecule has 0 aliphatic rings. The van der Waals surface area contributed by atoms with Crippen molar-refractivity contribution in [3.63, 3.8) is 0 Å². The Labute approximate surface area is 199 Å². The van der Waals surface area contributed by atoms with E-state index in [4.69, 9.17) is 9.26 Å². The monoisotopic (exact) mass is 456 g/mol. The predicted molar refractivity (Wildman–Crippen MR) is 131 cm³/mol. The summed E-state index contributed by atoms with van der Waals surface area (Å²) in [7, 11) is 1.73. The van der Waals surface area contributed by atoms with Crippen LogP contribution >= 0.6 is 0 Å². The number of ether oxygens (including phenoxy) is 1. The molecule has 0 bridgehead atoms. The van der Waals surface area contributed by atoms with Gasteiger partial charge in [-0.05, 0) is 29.2 Å². The van der Waals surface area contributed by atoms with Crippen LogP contribution in [0.3, 0.4) is 0 Å². The first-order chi connectivity index (χ1) is 16.3. The molecule has 174 valence electrons. The highest BCUT2D eigenvalue weighted by Gasteiger charge is 2.21. The van der Waals surface area contributed by atoms with Crippen molar-refractivity contribution in [2.45, 2.75) is 32.7 Å². The highest BCUT2D eigenvalue weighted by molar-refractivity contribution is 5.92. The van der Waals surface area contributed by atoms with Gasteiger partial charge in [0.2, 0.25) is 11.8 Å². The summed E-state index contributed by atoms with van der Waals surface area (Å²) < 4.78 is 11.6. The van der Waals surface area contributed by atoms with Crippen LogP contribution in [0.4, 0.5) is 11.6 Å². The molecular formula is C27H28N4O3. The second-order valence-corrected chi connectivity index (χ2v) is 9.05. The minimum absolute atomic E-state index is 0.0923. The van der Waals surface area contributed by atoms with Crippen LogP contribution in [0.5, 0.6) is 11.6 Å². The molecule has 0 unspecified atom stereocenters. The molecule has 0 aliphatic heterocycles. The van der Waals surface area contributed by atoms with Crippen molar-refractivity contribution in [2.24, 2.45) is 0 Å². The van der Waals surface area contributed by atoms with Gasteiger partial charge in [0.05, 0.1) is 0 Å². The van der Waals surface area contributed by atoms with E-state index in [-0.39, 0.29) is 17.0 Å². The number of para-hydroxylation sites is 1. The Morgan fingerprint density at radius 2 is 1.76 bits per heavy atom. The van der Waals surface area contributed by atoms with Crippen LogP contribution in [0.2, 0.25) is 0 Å². The Kier molecular flexibility index (Phi) is 6.63. The van der Waals surface area contributed by atoms with E-state index in [9.17, 15) is 4.79 Å². The molecule has 4 aromatic rings. The van der Waals surface area contributed by atoms with Crippen molar-refractivity contribution in [3.8, 4) is 11.6 Å². The number of nitrogens with zero attached hydrogens (tertiary/aromatic N) is 3. The third kappa shape index (κ3) is 5.43. The average Bonchev–Trinajstić information content (AvgIpc) is 3.28. The lowest BCUT2D eigenvalue weighted by Crippen LogP contribution is -2.26. The van der Waals surface area contributed by atoms with E-state index in [1.54, 1.807) is 30.3 Å². The standard InChI is InChI=1S/C27H28N4O3/c1-27(2,3)20-13-8-9-15-23(20)33-25-21(14-10-16-28-25)29-24-17-22(30-34-24)26(32)31(4)18-19-11-6-5-7-12-19/h5-17,29H,18H2,1-4H3. The first-order valence-corrected chi connectivity index (χ1v) is 11.1. The van der Waals surface area contributed by atoms with Gasteiger partial charge in [-0.1, -0.05) is 74.5 Å². The highest BCUT2D eigenvalue weighted by atomic mass is 16.5. The summed E-state index contributed by atoms with van der Waals surface area (Å²) in [5.74, 6) is 1.21. The minimum Gasteiger partial charge on any atom is -0.437 e. The van der Waals surface area contributed by atoms with Crippen molar-refractivity contribution >= 4 is 17.5 Å². The lowest BCUT2D eigenvalue weighted by Gasteiger charge is -2.22. The number of rotatable bonds is 7. The van der Waals surface area contributed by atoms with E-state index in [1.165, 1.54) is 0 Å². The Morgan fingerprint density at radius 3 is 2.53 bits per heavy atom. The molecule has 0 radical (unpaired) electrons. The van der Waals surface area contributed by atoms with Gasteiger partial charge in [-0.25, -0.2) is 4.98 Å². The SMILES string of the molecule is CN(Cc1ccccc1)C(=O)c1cc(Nc2cccnc2Oc2ccccc2C(C)(C)C)on1. The lowest BCUT2D eigenvalue weighted by atomic mass is 9.86. The van der Waals surface area contributed by atoms with Crippen LogP contribution in [0.15, 0.2) is 83.5 Å². The number of hydrogen-bond acceptors (Lipinski definition) is 6. The van der Waals surface area contributed by atoms with Gasteiger partial charge >= 0.3 is 0 Å². The molecular weight excluding hydrogens is 428 g/mol. The molecule has 2 aromatic carbocycles. The third-order valence-corrected chi connectivity index (χ3v) is 5.27. The molecule has 2 heterocycles. The van der Waals surface area contributed by atoms with Crippen LogP contribution in [0.25, 0.3) is 0 Å². The number of anilines is 2. The maximum absolute atomic E-state index is 12.8. The largest absolute Gasteiger partial charge is 0.437 e. The van der Waals surface area contributed by atoms with Crippen LogP contribution in [0.1, 0.15) is 42.4 Å². The smallest absolute Gasteiger partial charge is 0.276 e. The zero-order valence-corrected chi connectivity index (χ0v) is 19.8. The average molecular weight is 457 g/mol. The summed E-state index contributed by atoms with van der Waals surface area (Å²) in [5, 5.41) is 7.07. The highest BCUT2D eigenvalue weighted by Crippen LogP contribution is 2.36. The molecule has 0 aliphatic carbocycles. The first kappa shape index (κ1) is 23.0. The predicted octanol–water partition coefficient (Wildman–Crippen LogP) is 6.18. The molecule has 2 aromatic heterocycles. The second-order valence-electron chi connectivity index (χ2n) is 9.05. The summed E-state index contributed by atoms with van der Waals surface area (Å²) >= 11 is 0. The summed E-state index contributed by atoms with van der Waals surface area (Å²) in [6.45, 7) is 6.88.